The van der Waals surface area contributed by atoms with Gasteiger partial charge in [0.25, 0.3) is 5.91 Å². The summed E-state index contributed by atoms with van der Waals surface area (Å²) in [6, 6.07) is 20.0. The molecule has 2 aliphatic heterocycles. The first-order valence-corrected chi connectivity index (χ1v) is 9.76. The van der Waals surface area contributed by atoms with Crippen LogP contribution in [0.15, 0.2) is 60.7 Å². The third-order valence-corrected chi connectivity index (χ3v) is 5.68. The second-order valence-corrected chi connectivity index (χ2v) is 7.41. The molecule has 1 aromatic heterocycles. The fraction of sp³-hybridized carbons (Fsp3) is 0.318. The SMILES string of the molecule is O=C(COc1ccccc1)N1[C@@H]2CC[C@H]1Cc1nnc(-c3ccccc3)n1C2. The molecule has 28 heavy (non-hydrogen) atoms. The number of carbonyl (C=O) groups is 1. The quantitative estimate of drug-likeness (QED) is 0.705. The van der Waals surface area contributed by atoms with Crippen LogP contribution in [0, 0.1) is 0 Å². The summed E-state index contributed by atoms with van der Waals surface area (Å²) in [6.45, 7) is 0.809. The fourth-order valence-corrected chi connectivity index (χ4v) is 4.38. The number of carbonyl (C=O) groups excluding carboxylic acids is 1. The largest absolute Gasteiger partial charge is 0.484 e. The predicted molar refractivity (Wildman–Crippen MR) is 105 cm³/mol. The summed E-state index contributed by atoms with van der Waals surface area (Å²) in [5, 5.41) is 8.88. The maximum atomic E-state index is 13.0. The van der Waals surface area contributed by atoms with Gasteiger partial charge >= 0.3 is 0 Å². The van der Waals surface area contributed by atoms with Crippen LogP contribution in [0.1, 0.15) is 18.7 Å². The number of ether oxygens (including phenoxy) is 1. The van der Waals surface area contributed by atoms with E-state index in [1.165, 1.54) is 0 Å². The van der Waals surface area contributed by atoms with Crippen molar-refractivity contribution in [2.24, 2.45) is 0 Å². The van der Waals surface area contributed by atoms with E-state index in [0.29, 0.717) is 0 Å². The van der Waals surface area contributed by atoms with Crippen molar-refractivity contribution in [2.45, 2.75) is 37.9 Å². The highest BCUT2D eigenvalue weighted by molar-refractivity contribution is 5.79. The molecule has 0 saturated carbocycles. The molecule has 1 amide bonds. The summed E-state index contributed by atoms with van der Waals surface area (Å²) in [6.07, 6.45) is 2.76. The summed E-state index contributed by atoms with van der Waals surface area (Å²) in [7, 11) is 0. The van der Waals surface area contributed by atoms with Gasteiger partial charge in [0.1, 0.15) is 11.6 Å². The molecule has 2 atom stereocenters. The van der Waals surface area contributed by atoms with E-state index in [2.05, 4.69) is 26.9 Å². The van der Waals surface area contributed by atoms with Crippen LogP contribution in [-0.2, 0) is 17.8 Å². The topological polar surface area (TPSA) is 60.2 Å². The molecule has 1 fully saturated rings. The minimum absolute atomic E-state index is 0.0522. The highest BCUT2D eigenvalue weighted by atomic mass is 16.5. The molecule has 142 valence electrons. The van der Waals surface area contributed by atoms with Crippen LogP contribution in [0.4, 0.5) is 0 Å². The lowest BCUT2D eigenvalue weighted by Crippen LogP contribution is -2.44. The normalized spacial score (nSPS) is 20.5. The maximum Gasteiger partial charge on any atom is 0.261 e. The molecular formula is C22H22N4O2. The van der Waals surface area contributed by atoms with E-state index in [9.17, 15) is 4.79 Å². The first-order valence-electron chi connectivity index (χ1n) is 9.76. The molecule has 0 spiro atoms. The van der Waals surface area contributed by atoms with E-state index >= 15 is 0 Å². The molecule has 2 bridgehead atoms. The number of fused-ring (bicyclic) bond motifs is 3. The number of hydrogen-bond donors (Lipinski definition) is 0. The van der Waals surface area contributed by atoms with Gasteiger partial charge in [0, 0.05) is 24.6 Å². The predicted octanol–water partition coefficient (Wildman–Crippen LogP) is 2.94. The van der Waals surface area contributed by atoms with Gasteiger partial charge < -0.3 is 14.2 Å². The standard InChI is InChI=1S/C22H22N4O2/c27-21(15-28-19-9-5-2-6-10-19)26-17-11-12-18(26)14-25-20(13-17)23-24-22(25)16-7-3-1-4-8-16/h1-10,17-18H,11-15H2/t17-,18+/m0/s1. The number of aromatic nitrogens is 3. The van der Waals surface area contributed by atoms with E-state index < -0.39 is 0 Å². The van der Waals surface area contributed by atoms with Crippen LogP contribution in [-0.4, -0.2) is 44.3 Å². The number of nitrogens with zero attached hydrogens (tertiary/aromatic N) is 4. The minimum Gasteiger partial charge on any atom is -0.484 e. The molecule has 2 aromatic carbocycles. The van der Waals surface area contributed by atoms with Crippen molar-refractivity contribution in [1.29, 1.82) is 0 Å². The molecule has 0 unspecified atom stereocenters. The zero-order valence-electron chi connectivity index (χ0n) is 15.6. The van der Waals surface area contributed by atoms with Gasteiger partial charge in [-0.25, -0.2) is 0 Å². The number of rotatable bonds is 4. The van der Waals surface area contributed by atoms with Crippen molar-refractivity contribution in [2.75, 3.05) is 6.61 Å². The number of amides is 1. The van der Waals surface area contributed by atoms with Crippen molar-refractivity contribution in [3.63, 3.8) is 0 Å². The summed E-state index contributed by atoms with van der Waals surface area (Å²) in [4.78, 5) is 15.0. The van der Waals surface area contributed by atoms with Crippen LogP contribution >= 0.6 is 0 Å². The van der Waals surface area contributed by atoms with Gasteiger partial charge in [-0.3, -0.25) is 4.79 Å². The van der Waals surface area contributed by atoms with Crippen LogP contribution in [0.5, 0.6) is 5.75 Å². The zero-order valence-corrected chi connectivity index (χ0v) is 15.6. The molecule has 3 heterocycles. The van der Waals surface area contributed by atoms with Crippen molar-refractivity contribution in [1.82, 2.24) is 19.7 Å². The van der Waals surface area contributed by atoms with Gasteiger partial charge in [0.15, 0.2) is 12.4 Å². The van der Waals surface area contributed by atoms with E-state index in [4.69, 9.17) is 4.74 Å². The van der Waals surface area contributed by atoms with Gasteiger partial charge in [-0.15, -0.1) is 10.2 Å². The molecule has 1 saturated heterocycles. The Hall–Kier alpha value is -3.15. The highest BCUT2D eigenvalue weighted by Gasteiger charge is 2.41. The summed E-state index contributed by atoms with van der Waals surface area (Å²) < 4.78 is 7.90. The number of para-hydroxylation sites is 1. The first kappa shape index (κ1) is 17.0. The van der Waals surface area contributed by atoms with E-state index in [-0.39, 0.29) is 24.6 Å². The Morgan fingerprint density at radius 1 is 0.964 bits per heavy atom. The average molecular weight is 374 g/mol. The lowest BCUT2D eigenvalue weighted by atomic mass is 10.1. The molecule has 3 aromatic rings. The lowest BCUT2D eigenvalue weighted by Gasteiger charge is -2.28. The van der Waals surface area contributed by atoms with E-state index in [0.717, 1.165) is 48.8 Å². The smallest absolute Gasteiger partial charge is 0.261 e. The maximum absolute atomic E-state index is 13.0. The molecule has 0 N–H and O–H groups in total. The van der Waals surface area contributed by atoms with Crippen LogP contribution in [0.2, 0.25) is 0 Å². The monoisotopic (exact) mass is 374 g/mol. The molecule has 6 nitrogen and oxygen atoms in total. The van der Waals surface area contributed by atoms with Crippen LogP contribution in [0.3, 0.4) is 0 Å². The van der Waals surface area contributed by atoms with Gasteiger partial charge in [0.05, 0.1) is 6.04 Å². The Morgan fingerprint density at radius 2 is 1.68 bits per heavy atom. The second-order valence-electron chi connectivity index (χ2n) is 7.41. The van der Waals surface area contributed by atoms with Gasteiger partial charge in [-0.1, -0.05) is 48.5 Å². The summed E-state index contributed by atoms with van der Waals surface area (Å²) in [5.74, 6) is 2.63. The Morgan fingerprint density at radius 3 is 2.46 bits per heavy atom. The number of benzene rings is 2. The fourth-order valence-electron chi connectivity index (χ4n) is 4.38. The second kappa shape index (κ2) is 7.11. The van der Waals surface area contributed by atoms with Crippen molar-refractivity contribution in [3.05, 3.63) is 66.5 Å². The van der Waals surface area contributed by atoms with Gasteiger partial charge in [-0.2, -0.15) is 0 Å². The average Bonchev–Trinajstić information content (AvgIpc) is 3.27. The minimum atomic E-state index is 0.0522. The molecule has 6 heteroatoms. The number of hydrogen-bond acceptors (Lipinski definition) is 4. The zero-order chi connectivity index (χ0) is 18.9. The first-order chi connectivity index (χ1) is 13.8. The van der Waals surface area contributed by atoms with E-state index in [1.807, 2.05) is 53.4 Å². The van der Waals surface area contributed by atoms with Gasteiger partial charge in [0.2, 0.25) is 0 Å². The van der Waals surface area contributed by atoms with Crippen LogP contribution < -0.4 is 4.74 Å². The Kier molecular flexibility index (Phi) is 4.31. The van der Waals surface area contributed by atoms with Crippen molar-refractivity contribution < 1.29 is 9.53 Å². The Labute approximate surface area is 163 Å². The van der Waals surface area contributed by atoms with Crippen molar-refractivity contribution in [3.8, 4) is 17.1 Å². The molecule has 0 radical (unpaired) electrons. The van der Waals surface area contributed by atoms with E-state index in [1.54, 1.807) is 0 Å². The third-order valence-electron chi connectivity index (χ3n) is 5.68. The lowest BCUT2D eigenvalue weighted by molar-refractivity contribution is -0.136. The molecular weight excluding hydrogens is 352 g/mol. The molecule has 2 aliphatic rings. The van der Waals surface area contributed by atoms with Gasteiger partial charge in [-0.05, 0) is 25.0 Å². The summed E-state index contributed by atoms with van der Waals surface area (Å²) >= 11 is 0. The highest BCUT2D eigenvalue weighted by Crippen LogP contribution is 2.33. The molecule has 5 rings (SSSR count). The van der Waals surface area contributed by atoms with Crippen molar-refractivity contribution >= 4 is 5.91 Å². The Balaban J connectivity index is 1.36. The third kappa shape index (κ3) is 3.05. The van der Waals surface area contributed by atoms with Crippen LogP contribution in [0.25, 0.3) is 11.4 Å². The summed E-state index contributed by atoms with van der Waals surface area (Å²) in [5.41, 5.74) is 1.06. The molecule has 0 aliphatic carbocycles. The Bertz CT molecular complexity index is 971.